The van der Waals surface area contributed by atoms with Gasteiger partial charge in [0.25, 0.3) is 0 Å². The van der Waals surface area contributed by atoms with Gasteiger partial charge in [0, 0.05) is 0 Å². The molecule has 3 unspecified atom stereocenters. The van der Waals surface area contributed by atoms with Crippen molar-refractivity contribution in [3.8, 4) is 0 Å². The number of hydrogen-bond donors (Lipinski definition) is 0. The molecule has 0 aromatic rings. The molecule has 0 aromatic carbocycles. The molecule has 0 saturated heterocycles. The third kappa shape index (κ3) is 1.61. The molecule has 78 valence electrons. The summed E-state index contributed by atoms with van der Waals surface area (Å²) in [5.41, 5.74) is 4.42. The van der Waals surface area contributed by atoms with Crippen LogP contribution in [0.4, 0.5) is 0 Å². The molecule has 0 heterocycles. The maximum Gasteiger partial charge on any atom is 0.224 e. The summed E-state index contributed by atoms with van der Waals surface area (Å²) < 4.78 is 6.15. The smallest absolute Gasteiger partial charge is 0.224 e. The second-order valence-electron chi connectivity index (χ2n) is 5.06. The third-order valence-electron chi connectivity index (χ3n) is 3.99. The van der Waals surface area contributed by atoms with Crippen molar-refractivity contribution in [2.24, 2.45) is 11.3 Å². The van der Waals surface area contributed by atoms with Gasteiger partial charge in [-0.3, -0.25) is 0 Å². The van der Waals surface area contributed by atoms with Crippen LogP contribution < -0.4 is 0 Å². The van der Waals surface area contributed by atoms with E-state index in [0.29, 0.717) is 11.5 Å². The van der Waals surface area contributed by atoms with Crippen molar-refractivity contribution in [2.75, 3.05) is 0 Å². The zero-order valence-electron chi connectivity index (χ0n) is 9.04. The maximum atomic E-state index is 6.15. The number of fused-ring (bicyclic) bond motifs is 2. The van der Waals surface area contributed by atoms with Gasteiger partial charge in [-0.25, -0.2) is 0 Å². The molecule has 2 aliphatic carbocycles. The summed E-state index contributed by atoms with van der Waals surface area (Å²) in [6.45, 7) is 10.0. The van der Waals surface area contributed by atoms with E-state index in [9.17, 15) is 0 Å². The molecule has 0 spiro atoms. The van der Waals surface area contributed by atoms with Gasteiger partial charge in [0.2, 0.25) is 9.04 Å². The van der Waals surface area contributed by atoms with Crippen molar-refractivity contribution in [2.45, 2.75) is 38.7 Å². The Labute approximate surface area is 88.6 Å². The highest BCUT2D eigenvalue weighted by atomic mass is 28.3. The predicted octanol–water partition coefficient (Wildman–Crippen LogP) is 2.76. The predicted molar refractivity (Wildman–Crippen MR) is 62.5 cm³/mol. The third-order valence-corrected chi connectivity index (χ3v) is 5.56. The van der Waals surface area contributed by atoms with Crippen molar-refractivity contribution in [3.05, 3.63) is 24.6 Å². The number of rotatable bonds is 4. The molecule has 0 amide bonds. The zero-order valence-corrected chi connectivity index (χ0v) is 10.2. The van der Waals surface area contributed by atoms with Gasteiger partial charge in [0.15, 0.2) is 0 Å². The average molecular weight is 208 g/mol. The minimum atomic E-state index is -1.29. The van der Waals surface area contributed by atoms with Crippen molar-refractivity contribution in [3.63, 3.8) is 0 Å². The Hall–Kier alpha value is -0.343. The maximum absolute atomic E-state index is 6.15. The summed E-state index contributed by atoms with van der Waals surface area (Å²) in [5.74, 6) is 0.939. The molecule has 1 nitrogen and oxygen atoms in total. The summed E-state index contributed by atoms with van der Waals surface area (Å²) in [7, 11) is -1.29. The molecule has 2 saturated carbocycles. The second kappa shape index (κ2) is 3.67. The van der Waals surface area contributed by atoms with Crippen LogP contribution in [0.5, 0.6) is 0 Å². The number of hydrogen-bond acceptors (Lipinski definition) is 1. The van der Waals surface area contributed by atoms with E-state index in [-0.39, 0.29) is 0 Å². The Balaban J connectivity index is 1.99. The summed E-state index contributed by atoms with van der Waals surface area (Å²) in [6, 6.07) is 0. The molecule has 0 aliphatic heterocycles. The second-order valence-corrected chi connectivity index (χ2v) is 7.20. The monoisotopic (exact) mass is 208 g/mol. The SMILES string of the molecule is C=C[SiH](C=C)OC1CC2CCC1(C)C2. The summed E-state index contributed by atoms with van der Waals surface area (Å²) in [6.07, 6.45) is 5.94. The first kappa shape index (κ1) is 10.2. The van der Waals surface area contributed by atoms with Crippen LogP contribution in [-0.2, 0) is 4.43 Å². The Morgan fingerprint density at radius 1 is 1.43 bits per heavy atom. The minimum absolute atomic E-state index is 0.474. The van der Waals surface area contributed by atoms with E-state index >= 15 is 0 Å². The van der Waals surface area contributed by atoms with Crippen molar-refractivity contribution in [1.29, 1.82) is 0 Å². The highest BCUT2D eigenvalue weighted by Gasteiger charge is 2.49. The summed E-state index contributed by atoms with van der Waals surface area (Å²) in [4.78, 5) is 0. The largest absolute Gasteiger partial charge is 0.409 e. The van der Waals surface area contributed by atoms with Gasteiger partial charge >= 0.3 is 0 Å². The summed E-state index contributed by atoms with van der Waals surface area (Å²) >= 11 is 0. The first-order chi connectivity index (χ1) is 6.68. The molecule has 0 aromatic heterocycles. The van der Waals surface area contributed by atoms with Crippen LogP contribution in [0.1, 0.15) is 32.6 Å². The molecule has 2 aliphatic rings. The fourth-order valence-electron chi connectivity index (χ4n) is 3.10. The minimum Gasteiger partial charge on any atom is -0.409 e. The van der Waals surface area contributed by atoms with E-state index < -0.39 is 9.04 Å². The fourth-order valence-corrected chi connectivity index (χ4v) is 4.33. The van der Waals surface area contributed by atoms with Gasteiger partial charge in [0.05, 0.1) is 6.10 Å². The van der Waals surface area contributed by atoms with Crippen molar-refractivity contribution < 1.29 is 4.43 Å². The van der Waals surface area contributed by atoms with E-state index in [2.05, 4.69) is 20.1 Å². The van der Waals surface area contributed by atoms with Gasteiger partial charge in [-0.2, -0.15) is 0 Å². The molecule has 2 rings (SSSR count). The lowest BCUT2D eigenvalue weighted by Gasteiger charge is -2.33. The average Bonchev–Trinajstić information content (AvgIpc) is 2.69. The van der Waals surface area contributed by atoms with Crippen molar-refractivity contribution >= 4 is 9.04 Å². The lowest BCUT2D eigenvalue weighted by atomic mass is 9.84. The Morgan fingerprint density at radius 3 is 2.57 bits per heavy atom. The molecule has 3 atom stereocenters. The summed E-state index contributed by atoms with van der Waals surface area (Å²) in [5, 5.41) is 0. The standard InChI is InChI=1S/C12H20OSi/c1-4-14(5-2)13-11-8-10-6-7-12(11,3)9-10/h4-5,10-11,14H,1-2,6-9H2,3H3. The van der Waals surface area contributed by atoms with Crippen LogP contribution in [0.25, 0.3) is 0 Å². The first-order valence-electron chi connectivity index (χ1n) is 5.58. The van der Waals surface area contributed by atoms with Gasteiger partial charge in [-0.15, -0.1) is 13.2 Å². The first-order valence-corrected chi connectivity index (χ1v) is 7.39. The highest BCUT2D eigenvalue weighted by Crippen LogP contribution is 2.55. The molecule has 2 heteroatoms. The van der Waals surface area contributed by atoms with Crippen molar-refractivity contribution in [1.82, 2.24) is 0 Å². The van der Waals surface area contributed by atoms with E-state index in [0.717, 1.165) is 5.92 Å². The van der Waals surface area contributed by atoms with Gasteiger partial charge < -0.3 is 4.43 Å². The van der Waals surface area contributed by atoms with Gasteiger partial charge in [-0.1, -0.05) is 18.3 Å². The molecular formula is C12H20OSi. The van der Waals surface area contributed by atoms with E-state index in [1.807, 2.05) is 11.4 Å². The van der Waals surface area contributed by atoms with E-state index in [4.69, 9.17) is 4.43 Å². The lowest BCUT2D eigenvalue weighted by Crippen LogP contribution is -2.34. The molecular weight excluding hydrogens is 188 g/mol. The van der Waals surface area contributed by atoms with Crippen LogP contribution >= 0.6 is 0 Å². The van der Waals surface area contributed by atoms with Crippen LogP contribution in [0, 0.1) is 11.3 Å². The lowest BCUT2D eigenvalue weighted by molar-refractivity contribution is 0.0774. The van der Waals surface area contributed by atoms with E-state index in [1.165, 1.54) is 25.7 Å². The van der Waals surface area contributed by atoms with Gasteiger partial charge in [-0.05, 0) is 37.0 Å². The Bertz CT molecular complexity index is 243. The van der Waals surface area contributed by atoms with E-state index in [1.54, 1.807) is 0 Å². The topological polar surface area (TPSA) is 9.23 Å². The fraction of sp³-hybridized carbons (Fsp3) is 0.667. The highest BCUT2D eigenvalue weighted by molar-refractivity contribution is 6.62. The Morgan fingerprint density at radius 2 is 2.14 bits per heavy atom. The van der Waals surface area contributed by atoms with Crippen LogP contribution in [-0.4, -0.2) is 15.1 Å². The normalized spacial score (nSPS) is 40.4. The van der Waals surface area contributed by atoms with Crippen LogP contribution in [0.3, 0.4) is 0 Å². The quantitative estimate of drug-likeness (QED) is 0.646. The van der Waals surface area contributed by atoms with Crippen LogP contribution in [0.2, 0.25) is 0 Å². The molecule has 2 fully saturated rings. The molecule has 0 N–H and O–H groups in total. The van der Waals surface area contributed by atoms with Crippen LogP contribution in [0.15, 0.2) is 24.6 Å². The molecule has 14 heavy (non-hydrogen) atoms. The zero-order chi connectivity index (χ0) is 10.2. The molecule has 0 radical (unpaired) electrons. The molecule has 2 bridgehead atoms. The Kier molecular flexibility index (Phi) is 2.67. The van der Waals surface area contributed by atoms with Gasteiger partial charge in [0.1, 0.15) is 0 Å².